The fourth-order valence-corrected chi connectivity index (χ4v) is 2.68. The van der Waals surface area contributed by atoms with Gasteiger partial charge in [0.2, 0.25) is 11.8 Å². The van der Waals surface area contributed by atoms with Gasteiger partial charge < -0.3 is 15.1 Å². The first-order chi connectivity index (χ1) is 11.6. The molecule has 0 unspecified atom stereocenters. The highest BCUT2D eigenvalue weighted by molar-refractivity contribution is 5.88. The highest BCUT2D eigenvalue weighted by Crippen LogP contribution is 2.14. The van der Waals surface area contributed by atoms with Crippen molar-refractivity contribution in [2.45, 2.75) is 32.5 Å². The molecule has 0 saturated carbocycles. The maximum absolute atomic E-state index is 12.2. The van der Waals surface area contributed by atoms with Crippen molar-refractivity contribution in [3.8, 4) is 0 Å². The van der Waals surface area contributed by atoms with Crippen molar-refractivity contribution >= 4 is 11.8 Å². The number of carbonyl (C=O) groups is 2. The lowest BCUT2D eigenvalue weighted by atomic mass is 10.1. The van der Waals surface area contributed by atoms with Crippen molar-refractivity contribution < 1.29 is 14.0 Å². The van der Waals surface area contributed by atoms with Crippen molar-refractivity contribution in [3.05, 3.63) is 35.8 Å². The number of amides is 2. The van der Waals surface area contributed by atoms with E-state index in [4.69, 9.17) is 4.42 Å². The van der Waals surface area contributed by atoms with E-state index in [1.807, 2.05) is 11.0 Å². The second-order valence-electron chi connectivity index (χ2n) is 5.73. The van der Waals surface area contributed by atoms with Gasteiger partial charge in [0.25, 0.3) is 0 Å². The Bertz CT molecular complexity index is 696. The molecule has 9 heteroatoms. The molecule has 1 saturated heterocycles. The van der Waals surface area contributed by atoms with E-state index in [-0.39, 0.29) is 24.8 Å². The Balaban J connectivity index is 1.57. The van der Waals surface area contributed by atoms with Gasteiger partial charge in [-0.2, -0.15) is 5.10 Å². The molecule has 0 radical (unpaired) electrons. The first-order valence-electron chi connectivity index (χ1n) is 7.79. The van der Waals surface area contributed by atoms with Crippen LogP contribution in [0.15, 0.2) is 23.0 Å². The standard InChI is InChI=1S/C15H20N6O3/c1-10-18-13(20-19-10)7-17-14(22)6-12-15(23)16-3-4-21(12)8-11-2-5-24-9-11/h2,5,9,12H,3-4,6-8H2,1H3,(H,16,23)(H,17,22)(H,18,19,20)/t12-/m0/s1. The Morgan fingerprint density at radius 3 is 3.12 bits per heavy atom. The van der Waals surface area contributed by atoms with Crippen molar-refractivity contribution in [2.24, 2.45) is 0 Å². The van der Waals surface area contributed by atoms with Gasteiger partial charge in [-0.05, 0) is 13.0 Å². The molecule has 0 bridgehead atoms. The van der Waals surface area contributed by atoms with E-state index in [1.54, 1.807) is 19.5 Å². The molecule has 2 aromatic heterocycles. The Hall–Kier alpha value is -2.68. The molecule has 3 rings (SSSR count). The molecule has 24 heavy (non-hydrogen) atoms. The predicted molar refractivity (Wildman–Crippen MR) is 83.5 cm³/mol. The summed E-state index contributed by atoms with van der Waals surface area (Å²) in [5, 5.41) is 12.2. The van der Waals surface area contributed by atoms with E-state index >= 15 is 0 Å². The number of furan rings is 1. The number of aromatic amines is 1. The largest absolute Gasteiger partial charge is 0.472 e. The third-order valence-corrected chi connectivity index (χ3v) is 3.87. The maximum atomic E-state index is 12.2. The number of piperazine rings is 1. The zero-order chi connectivity index (χ0) is 16.9. The number of hydrogen-bond acceptors (Lipinski definition) is 6. The minimum atomic E-state index is -0.498. The molecule has 0 aromatic carbocycles. The molecule has 1 atom stereocenters. The number of nitrogens with zero attached hydrogens (tertiary/aromatic N) is 3. The second-order valence-corrected chi connectivity index (χ2v) is 5.73. The summed E-state index contributed by atoms with van der Waals surface area (Å²) in [5.41, 5.74) is 0.978. The van der Waals surface area contributed by atoms with Crippen LogP contribution in [0.2, 0.25) is 0 Å². The summed E-state index contributed by atoms with van der Waals surface area (Å²) in [6, 6.07) is 1.36. The molecule has 1 aliphatic rings. The lowest BCUT2D eigenvalue weighted by molar-refractivity contribution is -0.134. The fourth-order valence-electron chi connectivity index (χ4n) is 2.68. The Morgan fingerprint density at radius 2 is 2.42 bits per heavy atom. The van der Waals surface area contributed by atoms with Gasteiger partial charge in [0.1, 0.15) is 5.82 Å². The van der Waals surface area contributed by atoms with Crippen LogP contribution < -0.4 is 10.6 Å². The summed E-state index contributed by atoms with van der Waals surface area (Å²) in [5.74, 6) is 0.867. The van der Waals surface area contributed by atoms with Crippen LogP contribution in [0.25, 0.3) is 0 Å². The predicted octanol–water partition coefficient (Wildman–Crippen LogP) is -0.287. The molecular formula is C15H20N6O3. The van der Waals surface area contributed by atoms with Crippen molar-refractivity contribution in [1.29, 1.82) is 0 Å². The minimum absolute atomic E-state index is 0.0904. The average Bonchev–Trinajstić information content (AvgIpc) is 3.20. The van der Waals surface area contributed by atoms with E-state index in [0.29, 0.717) is 31.3 Å². The number of nitrogens with one attached hydrogen (secondary N) is 3. The van der Waals surface area contributed by atoms with E-state index in [0.717, 1.165) is 5.56 Å². The molecule has 128 valence electrons. The summed E-state index contributed by atoms with van der Waals surface area (Å²) in [7, 11) is 0. The number of H-pyrrole nitrogens is 1. The Morgan fingerprint density at radius 1 is 1.54 bits per heavy atom. The third kappa shape index (κ3) is 3.99. The molecule has 2 amide bonds. The highest BCUT2D eigenvalue weighted by atomic mass is 16.3. The smallest absolute Gasteiger partial charge is 0.237 e. The van der Waals surface area contributed by atoms with E-state index < -0.39 is 6.04 Å². The van der Waals surface area contributed by atoms with Gasteiger partial charge in [0.05, 0.1) is 31.5 Å². The van der Waals surface area contributed by atoms with Crippen LogP contribution in [0, 0.1) is 6.92 Å². The number of rotatable bonds is 6. The van der Waals surface area contributed by atoms with Crippen molar-refractivity contribution in [2.75, 3.05) is 13.1 Å². The van der Waals surface area contributed by atoms with Crippen LogP contribution in [0.3, 0.4) is 0 Å². The zero-order valence-corrected chi connectivity index (χ0v) is 13.4. The molecule has 3 heterocycles. The molecule has 9 nitrogen and oxygen atoms in total. The quantitative estimate of drug-likeness (QED) is 0.669. The fraction of sp³-hybridized carbons (Fsp3) is 0.467. The molecular weight excluding hydrogens is 312 g/mol. The number of hydrogen-bond donors (Lipinski definition) is 3. The maximum Gasteiger partial charge on any atom is 0.237 e. The number of aryl methyl sites for hydroxylation is 1. The SMILES string of the molecule is Cc1nc(CNC(=O)C[C@H]2C(=O)NCCN2Cc2ccoc2)n[nH]1. The summed E-state index contributed by atoms with van der Waals surface area (Å²) >= 11 is 0. The van der Waals surface area contributed by atoms with Crippen molar-refractivity contribution in [1.82, 2.24) is 30.7 Å². The topological polar surface area (TPSA) is 116 Å². The molecule has 1 aliphatic heterocycles. The van der Waals surface area contributed by atoms with E-state index in [1.165, 1.54) is 0 Å². The molecule has 3 N–H and O–H groups in total. The first kappa shape index (κ1) is 16.2. The van der Waals surface area contributed by atoms with Gasteiger partial charge in [-0.25, -0.2) is 4.98 Å². The van der Waals surface area contributed by atoms with Gasteiger partial charge in [-0.3, -0.25) is 19.6 Å². The average molecular weight is 332 g/mol. The van der Waals surface area contributed by atoms with Crippen LogP contribution >= 0.6 is 0 Å². The van der Waals surface area contributed by atoms with E-state index in [2.05, 4.69) is 25.8 Å². The zero-order valence-electron chi connectivity index (χ0n) is 13.4. The summed E-state index contributed by atoms with van der Waals surface area (Å²) in [6.07, 6.45) is 3.34. The molecule has 1 fully saturated rings. The normalized spacial score (nSPS) is 18.4. The van der Waals surface area contributed by atoms with Crippen LogP contribution in [0.1, 0.15) is 23.6 Å². The third-order valence-electron chi connectivity index (χ3n) is 3.87. The van der Waals surface area contributed by atoms with Gasteiger partial charge in [0, 0.05) is 25.2 Å². The van der Waals surface area contributed by atoms with Gasteiger partial charge in [0.15, 0.2) is 5.82 Å². The first-order valence-corrected chi connectivity index (χ1v) is 7.79. The molecule has 0 aliphatic carbocycles. The van der Waals surface area contributed by atoms with Crippen LogP contribution in [0.5, 0.6) is 0 Å². The summed E-state index contributed by atoms with van der Waals surface area (Å²) in [6.45, 7) is 3.86. The number of carbonyl (C=O) groups excluding carboxylic acids is 2. The van der Waals surface area contributed by atoms with E-state index in [9.17, 15) is 9.59 Å². The van der Waals surface area contributed by atoms with Crippen LogP contribution in [0.4, 0.5) is 0 Å². The van der Waals surface area contributed by atoms with Gasteiger partial charge in [-0.15, -0.1) is 0 Å². The minimum Gasteiger partial charge on any atom is -0.472 e. The molecule has 0 spiro atoms. The highest BCUT2D eigenvalue weighted by Gasteiger charge is 2.31. The Labute approximate surface area is 138 Å². The van der Waals surface area contributed by atoms with Gasteiger partial charge in [-0.1, -0.05) is 0 Å². The van der Waals surface area contributed by atoms with Gasteiger partial charge >= 0.3 is 0 Å². The lowest BCUT2D eigenvalue weighted by Gasteiger charge is -2.34. The summed E-state index contributed by atoms with van der Waals surface area (Å²) < 4.78 is 5.07. The Kier molecular flexibility index (Phi) is 4.90. The monoisotopic (exact) mass is 332 g/mol. The van der Waals surface area contributed by atoms with Crippen molar-refractivity contribution in [3.63, 3.8) is 0 Å². The summed E-state index contributed by atoms with van der Waals surface area (Å²) in [4.78, 5) is 30.5. The second kappa shape index (κ2) is 7.26. The molecule has 2 aromatic rings. The van der Waals surface area contributed by atoms with Crippen LogP contribution in [-0.2, 0) is 22.7 Å². The number of aromatic nitrogens is 3. The lowest BCUT2D eigenvalue weighted by Crippen LogP contribution is -2.56. The van der Waals surface area contributed by atoms with Crippen LogP contribution in [-0.4, -0.2) is 51.0 Å².